The van der Waals surface area contributed by atoms with Crippen molar-refractivity contribution in [2.45, 2.75) is 13.3 Å². The number of hydrogen-bond donors (Lipinski definition) is 2. The highest BCUT2D eigenvalue weighted by molar-refractivity contribution is 5.55. The van der Waals surface area contributed by atoms with E-state index in [2.05, 4.69) is 10.3 Å². The van der Waals surface area contributed by atoms with Gasteiger partial charge in [-0.25, -0.2) is 0 Å². The lowest BCUT2D eigenvalue weighted by Gasteiger charge is -2.11. The molecule has 0 atom stereocenters. The molecular weight excluding hydrogens is 220 g/mol. The SMILES string of the molecule is COc1cnc(C)cc1NCCCOCCO. The van der Waals surface area contributed by atoms with Crippen molar-refractivity contribution in [2.24, 2.45) is 0 Å². The second-order valence-corrected chi connectivity index (χ2v) is 3.64. The second-order valence-electron chi connectivity index (χ2n) is 3.64. The van der Waals surface area contributed by atoms with Crippen molar-refractivity contribution in [1.82, 2.24) is 4.98 Å². The Labute approximate surface area is 102 Å². The van der Waals surface area contributed by atoms with Gasteiger partial charge >= 0.3 is 0 Å². The summed E-state index contributed by atoms with van der Waals surface area (Å²) in [5.41, 5.74) is 1.90. The fraction of sp³-hybridized carbons (Fsp3) is 0.583. The molecule has 1 rings (SSSR count). The van der Waals surface area contributed by atoms with E-state index in [1.165, 1.54) is 0 Å². The lowest BCUT2D eigenvalue weighted by atomic mass is 10.3. The number of aromatic nitrogens is 1. The minimum atomic E-state index is 0.0742. The number of aryl methyl sites for hydroxylation is 1. The number of aliphatic hydroxyl groups is 1. The smallest absolute Gasteiger partial charge is 0.160 e. The first-order chi connectivity index (χ1) is 8.27. The van der Waals surface area contributed by atoms with Crippen LogP contribution in [0.1, 0.15) is 12.1 Å². The summed E-state index contributed by atoms with van der Waals surface area (Å²) < 4.78 is 10.4. The molecule has 0 unspecified atom stereocenters. The van der Waals surface area contributed by atoms with E-state index in [0.29, 0.717) is 13.2 Å². The van der Waals surface area contributed by atoms with E-state index in [-0.39, 0.29) is 6.61 Å². The van der Waals surface area contributed by atoms with Crippen molar-refractivity contribution in [3.63, 3.8) is 0 Å². The molecule has 0 saturated carbocycles. The van der Waals surface area contributed by atoms with Crippen molar-refractivity contribution in [3.05, 3.63) is 18.0 Å². The van der Waals surface area contributed by atoms with Crippen LogP contribution in [0.4, 0.5) is 5.69 Å². The van der Waals surface area contributed by atoms with Gasteiger partial charge in [0.2, 0.25) is 0 Å². The minimum absolute atomic E-state index is 0.0742. The molecule has 0 saturated heterocycles. The zero-order chi connectivity index (χ0) is 12.5. The van der Waals surface area contributed by atoms with Crippen molar-refractivity contribution in [2.75, 3.05) is 38.8 Å². The lowest BCUT2D eigenvalue weighted by Crippen LogP contribution is -2.08. The Bertz CT molecular complexity index is 332. The Morgan fingerprint density at radius 1 is 1.41 bits per heavy atom. The van der Waals surface area contributed by atoms with Crippen LogP contribution in [0.25, 0.3) is 0 Å². The van der Waals surface area contributed by atoms with Gasteiger partial charge in [-0.15, -0.1) is 0 Å². The molecule has 1 aromatic rings. The molecule has 5 heteroatoms. The highest BCUT2D eigenvalue weighted by Gasteiger charge is 2.02. The van der Waals surface area contributed by atoms with E-state index >= 15 is 0 Å². The van der Waals surface area contributed by atoms with Crippen LogP contribution in [-0.2, 0) is 4.74 Å². The third kappa shape index (κ3) is 5.01. The molecule has 0 amide bonds. The van der Waals surface area contributed by atoms with Gasteiger partial charge in [0, 0.05) is 18.8 Å². The van der Waals surface area contributed by atoms with Crippen LogP contribution < -0.4 is 10.1 Å². The quantitative estimate of drug-likeness (QED) is 0.669. The van der Waals surface area contributed by atoms with Crippen LogP contribution in [0.5, 0.6) is 5.75 Å². The first kappa shape index (κ1) is 13.7. The zero-order valence-corrected chi connectivity index (χ0v) is 10.4. The normalized spacial score (nSPS) is 10.3. The first-order valence-corrected chi connectivity index (χ1v) is 5.71. The maximum atomic E-state index is 8.54. The maximum absolute atomic E-state index is 8.54. The highest BCUT2D eigenvalue weighted by atomic mass is 16.5. The van der Waals surface area contributed by atoms with Crippen LogP contribution in [0.15, 0.2) is 12.3 Å². The van der Waals surface area contributed by atoms with Gasteiger partial charge in [0.1, 0.15) is 0 Å². The Balaban J connectivity index is 2.32. The van der Waals surface area contributed by atoms with Crippen molar-refractivity contribution >= 4 is 5.69 Å². The number of rotatable bonds is 8. The molecule has 0 fully saturated rings. The van der Waals surface area contributed by atoms with Crippen LogP contribution in [0.2, 0.25) is 0 Å². The summed E-state index contributed by atoms with van der Waals surface area (Å²) in [4.78, 5) is 4.16. The van der Waals surface area contributed by atoms with Crippen molar-refractivity contribution in [3.8, 4) is 5.75 Å². The van der Waals surface area contributed by atoms with E-state index in [0.717, 1.165) is 30.1 Å². The zero-order valence-electron chi connectivity index (χ0n) is 10.4. The summed E-state index contributed by atoms with van der Waals surface area (Å²) in [5.74, 6) is 0.742. The molecule has 0 aliphatic rings. The lowest BCUT2D eigenvalue weighted by molar-refractivity contribution is 0.0922. The number of ether oxygens (including phenoxy) is 2. The molecule has 1 aromatic heterocycles. The average Bonchev–Trinajstić information content (AvgIpc) is 2.34. The topological polar surface area (TPSA) is 63.6 Å². The van der Waals surface area contributed by atoms with Crippen molar-refractivity contribution in [1.29, 1.82) is 0 Å². The van der Waals surface area contributed by atoms with Gasteiger partial charge < -0.3 is 19.9 Å². The van der Waals surface area contributed by atoms with Gasteiger partial charge in [0.05, 0.1) is 32.2 Å². The summed E-state index contributed by atoms with van der Waals surface area (Å²) in [6.07, 6.45) is 2.59. The van der Waals surface area contributed by atoms with E-state index in [9.17, 15) is 0 Å². The average molecular weight is 240 g/mol. The number of aliphatic hydroxyl groups excluding tert-OH is 1. The summed E-state index contributed by atoms with van der Waals surface area (Å²) in [6, 6.07) is 1.95. The number of hydrogen-bond acceptors (Lipinski definition) is 5. The van der Waals surface area contributed by atoms with Gasteiger partial charge in [-0.1, -0.05) is 0 Å². The Kier molecular flexibility index (Phi) is 6.35. The highest BCUT2D eigenvalue weighted by Crippen LogP contribution is 2.23. The maximum Gasteiger partial charge on any atom is 0.160 e. The Morgan fingerprint density at radius 3 is 2.94 bits per heavy atom. The first-order valence-electron chi connectivity index (χ1n) is 5.71. The van der Waals surface area contributed by atoms with E-state index < -0.39 is 0 Å². The molecule has 5 nitrogen and oxygen atoms in total. The molecule has 17 heavy (non-hydrogen) atoms. The summed E-state index contributed by atoms with van der Waals surface area (Å²) in [7, 11) is 1.63. The summed E-state index contributed by atoms with van der Waals surface area (Å²) in [5, 5.41) is 11.8. The molecule has 0 aliphatic heterocycles. The van der Waals surface area contributed by atoms with Gasteiger partial charge in [-0.05, 0) is 19.4 Å². The van der Waals surface area contributed by atoms with Crippen LogP contribution in [0.3, 0.4) is 0 Å². The standard InChI is InChI=1S/C12H20N2O3/c1-10-8-11(12(16-2)9-14-10)13-4-3-6-17-7-5-15/h8-9,15H,3-7H2,1-2H3,(H,13,14). The van der Waals surface area contributed by atoms with Gasteiger partial charge in [-0.2, -0.15) is 0 Å². The van der Waals surface area contributed by atoms with Crippen LogP contribution in [-0.4, -0.2) is 43.6 Å². The molecule has 0 radical (unpaired) electrons. The molecule has 0 aliphatic carbocycles. The minimum Gasteiger partial charge on any atom is -0.493 e. The Hall–Kier alpha value is -1.33. The number of pyridine rings is 1. The van der Waals surface area contributed by atoms with Crippen LogP contribution in [0, 0.1) is 6.92 Å². The van der Waals surface area contributed by atoms with E-state index in [1.54, 1.807) is 13.3 Å². The third-order valence-electron chi connectivity index (χ3n) is 2.24. The number of methoxy groups -OCH3 is 1. The van der Waals surface area contributed by atoms with Gasteiger partial charge in [-0.3, -0.25) is 4.98 Å². The molecule has 0 spiro atoms. The predicted octanol–water partition coefficient (Wildman–Crippen LogP) is 1.21. The van der Waals surface area contributed by atoms with Crippen molar-refractivity contribution < 1.29 is 14.6 Å². The number of nitrogens with zero attached hydrogens (tertiary/aromatic N) is 1. The number of nitrogens with one attached hydrogen (secondary N) is 1. The van der Waals surface area contributed by atoms with Gasteiger partial charge in [0.15, 0.2) is 5.75 Å². The summed E-state index contributed by atoms with van der Waals surface area (Å²) in [6.45, 7) is 3.85. The molecular formula is C12H20N2O3. The monoisotopic (exact) mass is 240 g/mol. The molecule has 2 N–H and O–H groups in total. The largest absolute Gasteiger partial charge is 0.493 e. The van der Waals surface area contributed by atoms with Crippen LogP contribution >= 0.6 is 0 Å². The summed E-state index contributed by atoms with van der Waals surface area (Å²) >= 11 is 0. The third-order valence-corrected chi connectivity index (χ3v) is 2.24. The number of anilines is 1. The second kappa shape index (κ2) is 7.86. The fourth-order valence-electron chi connectivity index (χ4n) is 1.41. The van der Waals surface area contributed by atoms with Gasteiger partial charge in [0.25, 0.3) is 0 Å². The Morgan fingerprint density at radius 2 is 2.24 bits per heavy atom. The predicted molar refractivity (Wildman–Crippen MR) is 66.5 cm³/mol. The fourth-order valence-corrected chi connectivity index (χ4v) is 1.41. The molecule has 1 heterocycles. The molecule has 0 bridgehead atoms. The molecule has 0 aromatic carbocycles. The molecule has 96 valence electrons. The van der Waals surface area contributed by atoms with E-state index in [1.807, 2.05) is 13.0 Å². The van der Waals surface area contributed by atoms with E-state index in [4.69, 9.17) is 14.6 Å².